The summed E-state index contributed by atoms with van der Waals surface area (Å²) in [5, 5.41) is 19.5. The van der Waals surface area contributed by atoms with E-state index in [2.05, 4.69) is 16.0 Å². The predicted molar refractivity (Wildman–Crippen MR) is 109 cm³/mol. The van der Waals surface area contributed by atoms with Crippen LogP contribution in [-0.4, -0.2) is 30.1 Å². The third kappa shape index (κ3) is 5.43. The Kier molecular flexibility index (Phi) is 6.93. The van der Waals surface area contributed by atoms with Crippen LogP contribution < -0.4 is 16.0 Å². The Balaban J connectivity index is 1.90. The van der Waals surface area contributed by atoms with Gasteiger partial charge in [0.1, 0.15) is 5.82 Å². The van der Waals surface area contributed by atoms with Gasteiger partial charge >= 0.3 is 12.0 Å². The van der Waals surface area contributed by atoms with Crippen molar-refractivity contribution in [3.63, 3.8) is 0 Å². The Bertz CT molecular complexity index is 1020. The topological polar surface area (TPSA) is 123 Å². The maximum Gasteiger partial charge on any atom is 0.338 e. The molecule has 0 aromatic heterocycles. The Morgan fingerprint density at radius 1 is 1.23 bits per heavy atom. The minimum absolute atomic E-state index is 0.115. The lowest BCUT2D eigenvalue weighted by atomic mass is 9.94. The van der Waals surface area contributed by atoms with E-state index in [1.807, 2.05) is 0 Å². The molecule has 0 aliphatic carbocycles. The zero-order valence-electron chi connectivity index (χ0n) is 16.7. The molecule has 1 atom stereocenters. The van der Waals surface area contributed by atoms with E-state index in [0.29, 0.717) is 17.8 Å². The summed E-state index contributed by atoms with van der Waals surface area (Å²) in [7, 11) is 0. The van der Waals surface area contributed by atoms with E-state index in [0.717, 1.165) is 5.56 Å². The number of carbonyl (C=O) groups is 2. The second kappa shape index (κ2) is 9.81. The molecule has 0 saturated carbocycles. The second-order valence-corrected chi connectivity index (χ2v) is 6.73. The van der Waals surface area contributed by atoms with Gasteiger partial charge in [-0.15, -0.1) is 0 Å². The van der Waals surface area contributed by atoms with Crippen molar-refractivity contribution in [1.29, 1.82) is 0 Å². The van der Waals surface area contributed by atoms with Crippen LogP contribution in [-0.2, 0) is 16.1 Å². The highest BCUT2D eigenvalue weighted by molar-refractivity contribution is 5.95. The Morgan fingerprint density at radius 2 is 1.97 bits per heavy atom. The number of ether oxygens (including phenoxy) is 1. The van der Waals surface area contributed by atoms with E-state index in [1.54, 1.807) is 25.1 Å². The molecule has 0 bridgehead atoms. The summed E-state index contributed by atoms with van der Waals surface area (Å²) in [6.45, 7) is 2.26. The van der Waals surface area contributed by atoms with Gasteiger partial charge in [-0.05, 0) is 30.2 Å². The number of hydrogen-bond donors (Lipinski definition) is 3. The molecule has 1 aliphatic rings. The van der Waals surface area contributed by atoms with E-state index in [-0.39, 0.29) is 30.2 Å². The van der Waals surface area contributed by atoms with Crippen LogP contribution in [0.3, 0.4) is 0 Å². The monoisotopic (exact) mass is 428 g/mol. The lowest BCUT2D eigenvalue weighted by molar-refractivity contribution is -0.384. The maximum absolute atomic E-state index is 13.1. The minimum Gasteiger partial charge on any atom is -0.463 e. The van der Waals surface area contributed by atoms with Gasteiger partial charge in [-0.1, -0.05) is 24.3 Å². The lowest BCUT2D eigenvalue weighted by Crippen LogP contribution is -2.48. The van der Waals surface area contributed by atoms with Crippen LogP contribution in [0.2, 0.25) is 0 Å². The van der Waals surface area contributed by atoms with Crippen LogP contribution in [0.4, 0.5) is 14.9 Å². The number of nitro groups is 1. The van der Waals surface area contributed by atoms with Crippen molar-refractivity contribution in [2.75, 3.05) is 13.2 Å². The number of rotatable bonds is 8. The first kappa shape index (κ1) is 21.9. The number of hydrogen-bond acceptors (Lipinski definition) is 6. The zero-order chi connectivity index (χ0) is 22.4. The van der Waals surface area contributed by atoms with Gasteiger partial charge in [0.15, 0.2) is 0 Å². The molecule has 0 saturated heterocycles. The van der Waals surface area contributed by atoms with Crippen molar-refractivity contribution >= 4 is 17.7 Å². The summed E-state index contributed by atoms with van der Waals surface area (Å²) < 4.78 is 18.2. The van der Waals surface area contributed by atoms with Crippen molar-refractivity contribution in [2.45, 2.75) is 19.5 Å². The van der Waals surface area contributed by atoms with Crippen LogP contribution >= 0.6 is 0 Å². The second-order valence-electron chi connectivity index (χ2n) is 6.73. The largest absolute Gasteiger partial charge is 0.463 e. The first-order valence-corrected chi connectivity index (χ1v) is 9.56. The third-order valence-electron chi connectivity index (χ3n) is 4.61. The molecule has 3 rings (SSSR count). The van der Waals surface area contributed by atoms with E-state index in [9.17, 15) is 24.1 Å². The molecule has 2 amide bonds. The van der Waals surface area contributed by atoms with E-state index in [4.69, 9.17) is 4.74 Å². The zero-order valence-corrected chi connectivity index (χ0v) is 16.7. The number of amides is 2. The van der Waals surface area contributed by atoms with E-state index < -0.39 is 23.0 Å². The van der Waals surface area contributed by atoms with Gasteiger partial charge in [0.05, 0.1) is 23.1 Å². The number of urea groups is 1. The SMILES string of the molecule is CCOC(=O)C1=C(CNCc2ccc(F)cc2)NC(=O)N[C@@H]1c1cccc([N+](=O)[O-])c1. The number of nitrogens with one attached hydrogen (secondary N) is 3. The molecule has 1 aliphatic heterocycles. The van der Waals surface area contributed by atoms with Crippen molar-refractivity contribution in [3.8, 4) is 0 Å². The molecule has 31 heavy (non-hydrogen) atoms. The highest BCUT2D eigenvalue weighted by Gasteiger charge is 2.34. The number of carbonyl (C=O) groups excluding carboxylic acids is 2. The molecule has 0 unspecified atom stereocenters. The van der Waals surface area contributed by atoms with Crippen LogP contribution in [0.5, 0.6) is 0 Å². The molecular weight excluding hydrogens is 407 g/mol. The standard InChI is InChI=1S/C21H21FN4O5/c1-2-31-20(27)18-17(12-23-11-13-6-8-15(22)9-7-13)24-21(28)25-19(18)14-4-3-5-16(10-14)26(29)30/h3-10,19,23H,2,11-12H2,1H3,(H2,24,25,28)/t19-/m1/s1. The van der Waals surface area contributed by atoms with Crippen LogP contribution in [0.1, 0.15) is 24.1 Å². The van der Waals surface area contributed by atoms with Crippen LogP contribution in [0.25, 0.3) is 0 Å². The Labute approximate surface area is 177 Å². The van der Waals surface area contributed by atoms with Gasteiger partial charge in [-0.25, -0.2) is 14.0 Å². The van der Waals surface area contributed by atoms with Crippen molar-refractivity contribution < 1.29 is 23.6 Å². The number of halogens is 1. The van der Waals surface area contributed by atoms with Gasteiger partial charge in [0.2, 0.25) is 0 Å². The predicted octanol–water partition coefficient (Wildman–Crippen LogP) is 2.69. The van der Waals surface area contributed by atoms with Gasteiger partial charge < -0.3 is 20.7 Å². The fourth-order valence-corrected chi connectivity index (χ4v) is 3.21. The molecule has 2 aromatic carbocycles. The summed E-state index contributed by atoms with van der Waals surface area (Å²) in [4.78, 5) is 35.6. The molecule has 3 N–H and O–H groups in total. The van der Waals surface area contributed by atoms with Crippen molar-refractivity contribution in [2.24, 2.45) is 0 Å². The van der Waals surface area contributed by atoms with E-state index in [1.165, 1.54) is 30.3 Å². The molecule has 0 spiro atoms. The quantitative estimate of drug-likeness (QED) is 0.338. The van der Waals surface area contributed by atoms with Gasteiger partial charge in [0.25, 0.3) is 5.69 Å². The normalized spacial score (nSPS) is 15.8. The fraction of sp³-hybridized carbons (Fsp3) is 0.238. The maximum atomic E-state index is 13.1. The molecule has 1 heterocycles. The van der Waals surface area contributed by atoms with Crippen LogP contribution in [0, 0.1) is 15.9 Å². The average molecular weight is 428 g/mol. The molecule has 10 heteroatoms. The fourth-order valence-electron chi connectivity index (χ4n) is 3.21. The summed E-state index contributed by atoms with van der Waals surface area (Å²) in [5.41, 5.74) is 1.47. The van der Waals surface area contributed by atoms with E-state index >= 15 is 0 Å². The number of non-ortho nitro benzene ring substituents is 1. The van der Waals surface area contributed by atoms with Gasteiger partial charge in [-0.3, -0.25) is 10.1 Å². The molecule has 9 nitrogen and oxygen atoms in total. The van der Waals surface area contributed by atoms with Crippen LogP contribution in [0.15, 0.2) is 59.8 Å². The van der Waals surface area contributed by atoms with Crippen molar-refractivity contribution in [1.82, 2.24) is 16.0 Å². The first-order valence-electron chi connectivity index (χ1n) is 9.56. The summed E-state index contributed by atoms with van der Waals surface area (Å²) >= 11 is 0. The Morgan fingerprint density at radius 3 is 2.65 bits per heavy atom. The smallest absolute Gasteiger partial charge is 0.338 e. The number of nitrogens with zero attached hydrogens (tertiary/aromatic N) is 1. The van der Waals surface area contributed by atoms with Gasteiger partial charge in [-0.2, -0.15) is 0 Å². The summed E-state index contributed by atoms with van der Waals surface area (Å²) in [5.74, 6) is -0.994. The first-order chi connectivity index (χ1) is 14.9. The molecule has 162 valence electrons. The molecular formula is C21H21FN4O5. The average Bonchev–Trinajstić information content (AvgIpc) is 2.75. The molecule has 2 aromatic rings. The minimum atomic E-state index is -0.921. The Hall–Kier alpha value is -3.79. The summed E-state index contributed by atoms with van der Waals surface area (Å²) in [6, 6.07) is 10.1. The van der Waals surface area contributed by atoms with Crippen molar-refractivity contribution in [3.05, 3.63) is 86.9 Å². The summed E-state index contributed by atoms with van der Waals surface area (Å²) in [6.07, 6.45) is 0. The highest BCUT2D eigenvalue weighted by atomic mass is 19.1. The molecule has 0 fully saturated rings. The molecule has 0 radical (unpaired) electrons. The highest BCUT2D eigenvalue weighted by Crippen LogP contribution is 2.29. The third-order valence-corrected chi connectivity index (χ3v) is 4.61. The number of esters is 1. The van der Waals surface area contributed by atoms with Gasteiger partial charge in [0, 0.05) is 30.9 Å². The number of benzene rings is 2. The number of nitro benzene ring substituents is 1. The lowest BCUT2D eigenvalue weighted by Gasteiger charge is -2.29.